The van der Waals surface area contributed by atoms with E-state index in [2.05, 4.69) is 19.7 Å². The summed E-state index contributed by atoms with van der Waals surface area (Å²) in [5, 5.41) is 24.0. The maximum Gasteiger partial charge on any atom is 0.395 e. The van der Waals surface area contributed by atoms with Crippen LogP contribution in [-0.2, 0) is 14.3 Å². The van der Waals surface area contributed by atoms with Gasteiger partial charge < -0.3 is 39.8 Å². The normalized spacial score (nSPS) is 22.1. The molecule has 0 bridgehead atoms. The fourth-order valence-electron chi connectivity index (χ4n) is 5.33. The van der Waals surface area contributed by atoms with Crippen LogP contribution in [0.1, 0.15) is 54.7 Å². The molecule has 16 heteroatoms. The Labute approximate surface area is 285 Å². The van der Waals surface area contributed by atoms with Gasteiger partial charge in [0.05, 0.1) is 19.5 Å². The Bertz CT molecular complexity index is 1840. The van der Waals surface area contributed by atoms with E-state index in [0.717, 1.165) is 5.39 Å². The van der Waals surface area contributed by atoms with Crippen molar-refractivity contribution in [2.24, 2.45) is 16.1 Å². The molecule has 2 unspecified atom stereocenters. The number of rotatable bonds is 12. The van der Waals surface area contributed by atoms with Crippen molar-refractivity contribution in [1.29, 1.82) is 0 Å². The molecule has 2 aromatic carbocycles. The maximum atomic E-state index is 13.4. The lowest BCUT2D eigenvalue weighted by molar-refractivity contribution is -0.170. The second-order valence-electron chi connectivity index (χ2n) is 13.6. The van der Waals surface area contributed by atoms with Gasteiger partial charge in [0.15, 0.2) is 29.2 Å². The van der Waals surface area contributed by atoms with Crippen molar-refractivity contribution in [1.82, 2.24) is 19.5 Å². The largest absolute Gasteiger partial charge is 0.575 e. The molecule has 0 aliphatic carbocycles. The molecule has 1 fully saturated rings. The molecule has 4 aromatic rings. The molecule has 2 aromatic heterocycles. The van der Waals surface area contributed by atoms with Crippen LogP contribution in [0.5, 0.6) is 17.4 Å². The summed E-state index contributed by atoms with van der Waals surface area (Å²) >= 11 is 0. The maximum absolute atomic E-state index is 13.4. The predicted molar refractivity (Wildman–Crippen MR) is 180 cm³/mol. The summed E-state index contributed by atoms with van der Waals surface area (Å²) in [5.74, 6) is -0.470. The monoisotopic (exact) mass is 698 g/mol. The number of benzene rings is 2. The van der Waals surface area contributed by atoms with Crippen molar-refractivity contribution in [3.63, 3.8) is 0 Å². The number of carbonyl (C=O) groups is 1. The van der Waals surface area contributed by atoms with Crippen LogP contribution in [-0.4, -0.2) is 79.4 Å². The Morgan fingerprint density at radius 3 is 2.63 bits per heavy atom. The van der Waals surface area contributed by atoms with Gasteiger partial charge in [-0.2, -0.15) is 9.97 Å². The lowest BCUT2D eigenvalue weighted by Crippen LogP contribution is -2.44. The fraction of sp³-hybridized carbons (Fsp3) is 0.515. The van der Waals surface area contributed by atoms with Crippen molar-refractivity contribution in [2.75, 3.05) is 25.6 Å². The van der Waals surface area contributed by atoms with E-state index in [1.807, 2.05) is 32.9 Å². The van der Waals surface area contributed by atoms with E-state index < -0.39 is 44.2 Å². The number of hydrogen-bond acceptors (Lipinski definition) is 14. The summed E-state index contributed by atoms with van der Waals surface area (Å²) in [6.45, 7) is 12.9. The zero-order valence-corrected chi connectivity index (χ0v) is 29.5. The lowest BCUT2D eigenvalue weighted by atomic mass is 9.96. The number of nitrogen functional groups attached to an aromatic ring is 1. The SMILES string of the molecule is CCOc1nc(N)nc2c1ncn2C1O[C@H](COc2ccc3ccccc3c2O[P+]([O-])=N[C@H](C(=O)OCC(C)(C)C)C(C)C)[C@@H](O)[C@@]1(C)O. The molecule has 6 atom stereocenters. The highest BCUT2D eigenvalue weighted by Gasteiger charge is 2.54. The number of fused-ring (bicyclic) bond motifs is 2. The molecule has 1 saturated heterocycles. The van der Waals surface area contributed by atoms with E-state index in [4.69, 9.17) is 29.2 Å². The highest BCUT2D eigenvalue weighted by Crippen LogP contribution is 2.43. The zero-order chi connectivity index (χ0) is 35.7. The van der Waals surface area contributed by atoms with Crippen LogP contribution >= 0.6 is 8.17 Å². The van der Waals surface area contributed by atoms with Crippen molar-refractivity contribution < 1.29 is 43.4 Å². The summed E-state index contributed by atoms with van der Waals surface area (Å²) in [7, 11) is -2.76. The van der Waals surface area contributed by atoms with Crippen LogP contribution in [0.15, 0.2) is 47.5 Å². The van der Waals surface area contributed by atoms with Crippen molar-refractivity contribution in [3.05, 3.63) is 42.7 Å². The van der Waals surface area contributed by atoms with E-state index in [-0.39, 0.29) is 53.5 Å². The summed E-state index contributed by atoms with van der Waals surface area (Å²) in [5.41, 5.74) is 4.40. The quantitative estimate of drug-likeness (QED) is 0.142. The third-order valence-corrected chi connectivity index (χ3v) is 8.63. The highest BCUT2D eigenvalue weighted by molar-refractivity contribution is 7.34. The number of anilines is 1. The fourth-order valence-corrected chi connectivity index (χ4v) is 6.28. The van der Waals surface area contributed by atoms with Crippen LogP contribution < -0.4 is 24.6 Å². The Morgan fingerprint density at radius 2 is 1.94 bits per heavy atom. The number of imidazole rings is 1. The van der Waals surface area contributed by atoms with Gasteiger partial charge in [0.1, 0.15) is 24.4 Å². The van der Waals surface area contributed by atoms with Gasteiger partial charge in [-0.1, -0.05) is 69.7 Å². The van der Waals surface area contributed by atoms with Crippen LogP contribution in [0.3, 0.4) is 0 Å². The minimum Gasteiger partial charge on any atom is -0.575 e. The number of hydrogen-bond donors (Lipinski definition) is 3. The molecule has 1 aliphatic rings. The number of carbonyl (C=O) groups excluding carboxylic acids is 1. The van der Waals surface area contributed by atoms with Crippen LogP contribution in [0.4, 0.5) is 5.95 Å². The number of aliphatic hydroxyl groups is 2. The topological polar surface area (TPSA) is 209 Å². The summed E-state index contributed by atoms with van der Waals surface area (Å²) in [6, 6.07) is 9.67. The highest BCUT2D eigenvalue weighted by atomic mass is 31.1. The van der Waals surface area contributed by atoms with Gasteiger partial charge in [-0.05, 0) is 36.6 Å². The number of nitrogens with two attached hydrogens (primary N) is 1. The average Bonchev–Trinajstić information content (AvgIpc) is 3.55. The average molecular weight is 699 g/mol. The van der Waals surface area contributed by atoms with Gasteiger partial charge in [0, 0.05) is 5.39 Å². The van der Waals surface area contributed by atoms with Gasteiger partial charge in [0.25, 0.3) is 0 Å². The molecule has 15 nitrogen and oxygen atoms in total. The first-order valence-corrected chi connectivity index (χ1v) is 17.1. The number of nitrogens with zero attached hydrogens (tertiary/aromatic N) is 5. The van der Waals surface area contributed by atoms with E-state index >= 15 is 0 Å². The van der Waals surface area contributed by atoms with Gasteiger partial charge in [-0.25, -0.2) is 9.78 Å². The molecule has 264 valence electrons. The first-order valence-electron chi connectivity index (χ1n) is 16.0. The molecule has 0 radical (unpaired) electrons. The molecular formula is C33H43N6O9P. The molecule has 3 heterocycles. The second kappa shape index (κ2) is 14.4. The van der Waals surface area contributed by atoms with E-state index in [9.17, 15) is 19.9 Å². The minimum absolute atomic E-state index is 0.0637. The number of aromatic nitrogens is 4. The van der Waals surface area contributed by atoms with Gasteiger partial charge in [-0.3, -0.25) is 9.09 Å². The van der Waals surface area contributed by atoms with Crippen LogP contribution in [0, 0.1) is 11.3 Å². The molecule has 0 saturated carbocycles. The minimum atomic E-state index is -2.76. The third kappa shape index (κ3) is 7.86. The summed E-state index contributed by atoms with van der Waals surface area (Å²) in [6.07, 6.45) is -2.20. The number of ether oxygens (including phenoxy) is 4. The Morgan fingerprint density at radius 1 is 1.20 bits per heavy atom. The summed E-state index contributed by atoms with van der Waals surface area (Å²) in [4.78, 5) is 38.9. The Balaban J connectivity index is 1.39. The van der Waals surface area contributed by atoms with E-state index in [1.165, 1.54) is 17.8 Å². The molecule has 0 spiro atoms. The predicted octanol–water partition coefficient (Wildman–Crippen LogP) is 3.90. The number of esters is 1. The lowest BCUT2D eigenvalue weighted by Gasteiger charge is -2.27. The summed E-state index contributed by atoms with van der Waals surface area (Å²) < 4.78 is 34.8. The zero-order valence-electron chi connectivity index (χ0n) is 28.6. The van der Waals surface area contributed by atoms with Crippen molar-refractivity contribution in [3.8, 4) is 17.4 Å². The standard InChI is InChI=1S/C33H43N6O9P/c1-8-44-28-24-27(36-31(34)37-28)39(17-35-24)30-33(7,42)26(40)22(47-30)15-45-21-14-13-19-11-9-10-12-20(19)25(21)48-49(43)38-23(18(2)3)29(41)46-16-32(4,5)6/h9-14,17-18,22-23,26,30,40,42H,8,15-16H2,1-7H3,(H2,34,36,37)/t22-,23+,26-,30?,33-/m1/s1. The van der Waals surface area contributed by atoms with E-state index in [1.54, 1.807) is 45.0 Å². The molecule has 0 amide bonds. The van der Waals surface area contributed by atoms with E-state index in [0.29, 0.717) is 17.5 Å². The van der Waals surface area contributed by atoms with Crippen LogP contribution in [0.2, 0.25) is 0 Å². The molecular weight excluding hydrogens is 655 g/mol. The molecule has 4 N–H and O–H groups in total. The third-order valence-electron chi connectivity index (χ3n) is 7.85. The Kier molecular flexibility index (Phi) is 10.6. The van der Waals surface area contributed by atoms with Crippen molar-refractivity contribution in [2.45, 2.75) is 78.5 Å². The molecule has 49 heavy (non-hydrogen) atoms. The second-order valence-corrected chi connectivity index (χ2v) is 14.5. The first-order chi connectivity index (χ1) is 23.1. The molecule has 5 rings (SSSR count). The van der Waals surface area contributed by atoms with Gasteiger partial charge >= 0.3 is 14.1 Å². The van der Waals surface area contributed by atoms with Crippen molar-refractivity contribution >= 4 is 42.0 Å². The number of aliphatic hydroxyl groups excluding tert-OH is 1. The first kappa shape index (κ1) is 36.1. The Hall–Kier alpha value is -4.14. The molecule has 1 aliphatic heterocycles. The smallest absolute Gasteiger partial charge is 0.395 e. The van der Waals surface area contributed by atoms with Gasteiger partial charge in [-0.15, -0.1) is 0 Å². The van der Waals surface area contributed by atoms with Gasteiger partial charge in [0.2, 0.25) is 17.6 Å². The van der Waals surface area contributed by atoms with Crippen LogP contribution in [0.25, 0.3) is 21.9 Å².